The zero-order valence-electron chi connectivity index (χ0n) is 18.7. The maximum atomic E-state index is 12.6. The standard InChI is InChI=1S/C27H31N3O2/c1-2-32-25-10-8-21(9-11-25)20-30-15-12-27(13-16-30,26(28)31)18-22-5-3-6-23(17-22)24-7-4-14-29-19-24/h3-11,14,17,19H,2,12-13,15-16,18,20H2,1H3,(H2,28,31). The van der Waals surface area contributed by atoms with E-state index in [0.29, 0.717) is 13.0 Å². The Kier molecular flexibility index (Phi) is 6.86. The summed E-state index contributed by atoms with van der Waals surface area (Å²) in [4.78, 5) is 19.2. The fourth-order valence-electron chi connectivity index (χ4n) is 4.55. The monoisotopic (exact) mass is 429 g/mol. The lowest BCUT2D eigenvalue weighted by molar-refractivity contribution is -0.130. The fourth-order valence-corrected chi connectivity index (χ4v) is 4.55. The van der Waals surface area contributed by atoms with Gasteiger partial charge in [0.15, 0.2) is 0 Å². The van der Waals surface area contributed by atoms with E-state index >= 15 is 0 Å². The predicted octanol–water partition coefficient (Wildman–Crippen LogP) is 4.46. The molecule has 0 atom stereocenters. The third-order valence-electron chi connectivity index (χ3n) is 6.44. The molecule has 0 unspecified atom stereocenters. The minimum atomic E-state index is -0.497. The van der Waals surface area contributed by atoms with Gasteiger partial charge in [0.2, 0.25) is 5.91 Å². The lowest BCUT2D eigenvalue weighted by atomic mass is 9.73. The highest BCUT2D eigenvalue weighted by atomic mass is 16.5. The number of rotatable bonds is 8. The molecule has 4 rings (SSSR count). The highest BCUT2D eigenvalue weighted by Crippen LogP contribution is 2.36. The first-order valence-corrected chi connectivity index (χ1v) is 11.3. The van der Waals surface area contributed by atoms with Crippen molar-refractivity contribution in [2.75, 3.05) is 19.7 Å². The summed E-state index contributed by atoms with van der Waals surface area (Å²) in [6.45, 7) is 5.25. The quantitative estimate of drug-likeness (QED) is 0.574. The number of carbonyl (C=O) groups excluding carboxylic acids is 1. The molecule has 1 saturated heterocycles. The number of nitrogens with zero attached hydrogens (tertiary/aromatic N) is 2. The van der Waals surface area contributed by atoms with Gasteiger partial charge in [0.25, 0.3) is 0 Å². The largest absolute Gasteiger partial charge is 0.494 e. The summed E-state index contributed by atoms with van der Waals surface area (Å²) in [7, 11) is 0. The molecule has 2 N–H and O–H groups in total. The molecule has 1 fully saturated rings. The molecule has 32 heavy (non-hydrogen) atoms. The van der Waals surface area contributed by atoms with Crippen LogP contribution in [0, 0.1) is 5.41 Å². The number of primary amides is 1. The number of carbonyl (C=O) groups is 1. The van der Waals surface area contributed by atoms with Gasteiger partial charge in [-0.05, 0) is 79.7 Å². The fraction of sp³-hybridized carbons (Fsp3) is 0.333. The second-order valence-electron chi connectivity index (χ2n) is 8.62. The molecule has 0 aliphatic carbocycles. The Hall–Kier alpha value is -3.18. The van der Waals surface area contributed by atoms with E-state index in [4.69, 9.17) is 10.5 Å². The molecule has 1 aromatic heterocycles. The van der Waals surface area contributed by atoms with Crippen molar-refractivity contribution < 1.29 is 9.53 Å². The molecule has 166 valence electrons. The molecule has 0 spiro atoms. The number of aromatic nitrogens is 1. The summed E-state index contributed by atoms with van der Waals surface area (Å²) >= 11 is 0. The molecule has 2 aromatic carbocycles. The SMILES string of the molecule is CCOc1ccc(CN2CCC(Cc3cccc(-c4cccnc4)c3)(C(N)=O)CC2)cc1. The van der Waals surface area contributed by atoms with Gasteiger partial charge in [-0.1, -0.05) is 42.5 Å². The van der Waals surface area contributed by atoms with Gasteiger partial charge in [-0.15, -0.1) is 0 Å². The average molecular weight is 430 g/mol. The van der Waals surface area contributed by atoms with Gasteiger partial charge in [-0.2, -0.15) is 0 Å². The van der Waals surface area contributed by atoms with Crippen molar-refractivity contribution in [2.24, 2.45) is 11.1 Å². The van der Waals surface area contributed by atoms with E-state index in [9.17, 15) is 4.79 Å². The minimum Gasteiger partial charge on any atom is -0.494 e. The van der Waals surface area contributed by atoms with E-state index in [-0.39, 0.29) is 5.91 Å². The van der Waals surface area contributed by atoms with E-state index < -0.39 is 5.41 Å². The van der Waals surface area contributed by atoms with Crippen LogP contribution in [0.5, 0.6) is 5.75 Å². The molecular formula is C27H31N3O2. The highest BCUT2D eigenvalue weighted by molar-refractivity contribution is 5.81. The Morgan fingerprint density at radius 2 is 1.78 bits per heavy atom. The average Bonchev–Trinajstić information content (AvgIpc) is 2.82. The van der Waals surface area contributed by atoms with Crippen LogP contribution in [-0.4, -0.2) is 35.5 Å². The van der Waals surface area contributed by atoms with Crippen molar-refractivity contribution in [2.45, 2.75) is 32.7 Å². The number of ether oxygens (including phenoxy) is 1. The molecule has 1 amide bonds. The van der Waals surface area contributed by atoms with Gasteiger partial charge in [0.05, 0.1) is 12.0 Å². The van der Waals surface area contributed by atoms with Crippen molar-refractivity contribution in [1.82, 2.24) is 9.88 Å². The van der Waals surface area contributed by atoms with Gasteiger partial charge in [0.1, 0.15) is 5.75 Å². The van der Waals surface area contributed by atoms with Crippen LogP contribution in [0.25, 0.3) is 11.1 Å². The van der Waals surface area contributed by atoms with Crippen molar-refractivity contribution in [3.05, 3.63) is 84.2 Å². The first-order valence-electron chi connectivity index (χ1n) is 11.3. The lowest BCUT2D eigenvalue weighted by Gasteiger charge is -2.40. The number of amides is 1. The number of nitrogens with two attached hydrogens (primary N) is 1. The van der Waals surface area contributed by atoms with Crippen LogP contribution < -0.4 is 10.5 Å². The van der Waals surface area contributed by atoms with Crippen LogP contribution in [0.15, 0.2) is 73.1 Å². The van der Waals surface area contributed by atoms with Crippen LogP contribution in [0.1, 0.15) is 30.9 Å². The number of benzene rings is 2. The zero-order valence-corrected chi connectivity index (χ0v) is 18.7. The van der Waals surface area contributed by atoms with Crippen LogP contribution in [0.4, 0.5) is 0 Å². The van der Waals surface area contributed by atoms with E-state index in [1.807, 2.05) is 37.4 Å². The molecule has 0 saturated carbocycles. The Labute approximate surface area is 190 Å². The Morgan fingerprint density at radius 3 is 2.44 bits per heavy atom. The van der Waals surface area contributed by atoms with Crippen molar-refractivity contribution >= 4 is 5.91 Å². The first-order chi connectivity index (χ1) is 15.6. The molecule has 2 heterocycles. The predicted molar refractivity (Wildman–Crippen MR) is 127 cm³/mol. The highest BCUT2D eigenvalue weighted by Gasteiger charge is 2.39. The van der Waals surface area contributed by atoms with E-state index in [1.165, 1.54) is 5.56 Å². The second kappa shape index (κ2) is 9.96. The molecule has 1 aliphatic heterocycles. The number of piperidine rings is 1. The molecular weight excluding hydrogens is 398 g/mol. The van der Waals surface area contributed by atoms with E-state index in [0.717, 1.165) is 54.9 Å². The summed E-state index contributed by atoms with van der Waals surface area (Å²) in [5.41, 5.74) is 10.1. The number of hydrogen-bond donors (Lipinski definition) is 1. The van der Waals surface area contributed by atoms with Gasteiger partial charge in [-0.25, -0.2) is 0 Å². The third-order valence-corrected chi connectivity index (χ3v) is 6.44. The van der Waals surface area contributed by atoms with Crippen molar-refractivity contribution in [3.8, 4) is 16.9 Å². The number of pyridine rings is 1. The third kappa shape index (κ3) is 5.17. The Morgan fingerprint density at radius 1 is 1.03 bits per heavy atom. The maximum Gasteiger partial charge on any atom is 0.224 e. The maximum absolute atomic E-state index is 12.6. The van der Waals surface area contributed by atoms with Gasteiger partial charge in [-0.3, -0.25) is 14.7 Å². The van der Waals surface area contributed by atoms with Gasteiger partial charge < -0.3 is 10.5 Å². The summed E-state index contributed by atoms with van der Waals surface area (Å²) in [5.74, 6) is 0.709. The van der Waals surface area contributed by atoms with Crippen LogP contribution in [-0.2, 0) is 17.8 Å². The van der Waals surface area contributed by atoms with Crippen LogP contribution in [0.2, 0.25) is 0 Å². The minimum absolute atomic E-state index is 0.190. The molecule has 0 bridgehead atoms. The van der Waals surface area contributed by atoms with E-state index in [2.05, 4.69) is 46.3 Å². The smallest absolute Gasteiger partial charge is 0.224 e. The van der Waals surface area contributed by atoms with Crippen molar-refractivity contribution in [1.29, 1.82) is 0 Å². The topological polar surface area (TPSA) is 68.4 Å². The lowest BCUT2D eigenvalue weighted by Crippen LogP contribution is -2.48. The number of hydrogen-bond acceptors (Lipinski definition) is 4. The Bertz CT molecular complexity index is 1030. The molecule has 0 radical (unpaired) electrons. The second-order valence-corrected chi connectivity index (χ2v) is 8.62. The molecule has 5 heteroatoms. The van der Waals surface area contributed by atoms with Crippen LogP contribution in [0.3, 0.4) is 0 Å². The Balaban J connectivity index is 1.42. The number of likely N-dealkylation sites (tertiary alicyclic amines) is 1. The van der Waals surface area contributed by atoms with Gasteiger partial charge >= 0.3 is 0 Å². The van der Waals surface area contributed by atoms with Gasteiger partial charge in [0, 0.05) is 18.9 Å². The molecule has 5 nitrogen and oxygen atoms in total. The van der Waals surface area contributed by atoms with E-state index in [1.54, 1.807) is 6.20 Å². The summed E-state index contributed by atoms with van der Waals surface area (Å²) in [6, 6.07) is 20.6. The normalized spacial score (nSPS) is 15.9. The summed E-state index contributed by atoms with van der Waals surface area (Å²) in [6.07, 6.45) is 5.86. The first kappa shape index (κ1) is 22.0. The van der Waals surface area contributed by atoms with Crippen molar-refractivity contribution in [3.63, 3.8) is 0 Å². The summed E-state index contributed by atoms with van der Waals surface area (Å²) in [5, 5.41) is 0. The molecule has 3 aromatic rings. The van der Waals surface area contributed by atoms with Crippen LogP contribution >= 0.6 is 0 Å². The molecule has 1 aliphatic rings. The summed E-state index contributed by atoms with van der Waals surface area (Å²) < 4.78 is 5.53. The zero-order chi connectivity index (χ0) is 22.4.